The van der Waals surface area contributed by atoms with Crippen LogP contribution in [-0.2, 0) is 16.6 Å². The van der Waals surface area contributed by atoms with Crippen LogP contribution in [0.4, 0.5) is 4.39 Å². The summed E-state index contributed by atoms with van der Waals surface area (Å²) in [5.41, 5.74) is -0.299. The van der Waals surface area contributed by atoms with Crippen LogP contribution in [0.15, 0.2) is 39.0 Å². The van der Waals surface area contributed by atoms with Crippen molar-refractivity contribution < 1.29 is 12.8 Å². The van der Waals surface area contributed by atoms with Gasteiger partial charge in [-0.2, -0.15) is 5.26 Å². The predicted molar refractivity (Wildman–Crippen MR) is 77.2 cm³/mol. The summed E-state index contributed by atoms with van der Waals surface area (Å²) in [4.78, 5) is 0.703. The van der Waals surface area contributed by atoms with E-state index in [2.05, 4.69) is 20.7 Å². The summed E-state index contributed by atoms with van der Waals surface area (Å²) < 4.78 is 40.6. The molecule has 104 valence electrons. The average molecular weight is 375 g/mol. The summed E-state index contributed by atoms with van der Waals surface area (Å²) in [5.74, 6) is -0.742. The largest absolute Gasteiger partial charge is 0.240 e. The van der Waals surface area contributed by atoms with Gasteiger partial charge in [0.15, 0.2) is 0 Å². The summed E-state index contributed by atoms with van der Waals surface area (Å²) in [6, 6.07) is 8.34. The Bertz CT molecular complexity index is 781. The lowest BCUT2D eigenvalue weighted by Crippen LogP contribution is -2.23. The molecule has 0 bridgehead atoms. The lowest BCUT2D eigenvalue weighted by atomic mass is 10.2. The Labute approximate surface area is 128 Å². The molecule has 20 heavy (non-hydrogen) atoms. The van der Waals surface area contributed by atoms with Crippen LogP contribution in [0, 0.1) is 17.1 Å². The zero-order chi connectivity index (χ0) is 14.8. The molecule has 0 saturated carbocycles. The minimum atomic E-state index is -3.77. The second-order valence-electron chi connectivity index (χ2n) is 3.78. The second-order valence-corrected chi connectivity index (χ2v) is 8.10. The van der Waals surface area contributed by atoms with Gasteiger partial charge in [-0.05, 0) is 46.3 Å². The highest BCUT2D eigenvalue weighted by Gasteiger charge is 2.16. The van der Waals surface area contributed by atoms with Gasteiger partial charge in [-0.3, -0.25) is 0 Å². The first-order valence-electron chi connectivity index (χ1n) is 5.36. The Morgan fingerprint density at radius 2 is 2.10 bits per heavy atom. The average Bonchev–Trinajstić information content (AvgIpc) is 2.83. The molecule has 4 nitrogen and oxygen atoms in total. The zero-order valence-corrected chi connectivity index (χ0v) is 13.1. The molecule has 2 rings (SSSR count). The van der Waals surface area contributed by atoms with Crippen molar-refractivity contribution in [3.63, 3.8) is 0 Å². The van der Waals surface area contributed by atoms with Crippen molar-refractivity contribution in [3.05, 3.63) is 50.4 Å². The molecule has 1 aromatic carbocycles. The van der Waals surface area contributed by atoms with E-state index < -0.39 is 15.8 Å². The van der Waals surface area contributed by atoms with Gasteiger partial charge in [0.05, 0.1) is 14.2 Å². The molecule has 0 aliphatic carbocycles. The second kappa shape index (κ2) is 6.01. The van der Waals surface area contributed by atoms with Crippen LogP contribution in [-0.4, -0.2) is 8.42 Å². The predicted octanol–water partition coefficient (Wildman–Crippen LogP) is 3.00. The molecule has 1 heterocycles. The number of thiophene rings is 1. The van der Waals surface area contributed by atoms with E-state index in [1.165, 1.54) is 11.3 Å². The first-order valence-corrected chi connectivity index (χ1v) is 8.45. The topological polar surface area (TPSA) is 70.0 Å². The first-order chi connectivity index (χ1) is 9.42. The molecule has 0 aliphatic rings. The van der Waals surface area contributed by atoms with Crippen molar-refractivity contribution in [2.24, 2.45) is 0 Å². The van der Waals surface area contributed by atoms with Crippen molar-refractivity contribution >= 4 is 37.3 Å². The molecule has 8 heteroatoms. The monoisotopic (exact) mass is 374 g/mol. The standard InChI is InChI=1S/C12H8BrFN2O2S2/c13-12-4-1-9(19-12)7-16-20(17,18)10-2-3-11(14)8(5-10)6-15/h1-5,16H,7H2. The van der Waals surface area contributed by atoms with Gasteiger partial charge >= 0.3 is 0 Å². The highest BCUT2D eigenvalue weighted by Crippen LogP contribution is 2.22. The lowest BCUT2D eigenvalue weighted by Gasteiger charge is -2.06. The summed E-state index contributed by atoms with van der Waals surface area (Å²) in [7, 11) is -3.77. The maximum Gasteiger partial charge on any atom is 0.240 e. The molecule has 0 unspecified atom stereocenters. The van der Waals surface area contributed by atoms with Crippen molar-refractivity contribution in [1.29, 1.82) is 5.26 Å². The van der Waals surface area contributed by atoms with Gasteiger partial charge in [0, 0.05) is 11.4 Å². The molecule has 0 fully saturated rings. The molecular weight excluding hydrogens is 367 g/mol. The number of nitrogens with zero attached hydrogens (tertiary/aromatic N) is 1. The fraction of sp³-hybridized carbons (Fsp3) is 0.0833. The van der Waals surface area contributed by atoms with Crippen LogP contribution in [0.3, 0.4) is 0 Å². The Hall–Kier alpha value is -1.27. The van der Waals surface area contributed by atoms with Gasteiger partial charge in [0.2, 0.25) is 10.0 Å². The Balaban J connectivity index is 2.20. The number of hydrogen-bond donors (Lipinski definition) is 1. The minimum Gasteiger partial charge on any atom is -0.207 e. The van der Waals surface area contributed by atoms with Crippen LogP contribution in [0.5, 0.6) is 0 Å². The third-order valence-electron chi connectivity index (χ3n) is 2.43. The van der Waals surface area contributed by atoms with E-state index >= 15 is 0 Å². The van der Waals surface area contributed by atoms with Gasteiger partial charge < -0.3 is 0 Å². The molecule has 1 aromatic heterocycles. The van der Waals surface area contributed by atoms with Crippen molar-refractivity contribution in [2.75, 3.05) is 0 Å². The van der Waals surface area contributed by atoms with Crippen molar-refractivity contribution in [1.82, 2.24) is 4.72 Å². The van der Waals surface area contributed by atoms with E-state index in [1.54, 1.807) is 12.1 Å². The van der Waals surface area contributed by atoms with Crippen LogP contribution in [0.2, 0.25) is 0 Å². The van der Waals surface area contributed by atoms with Crippen LogP contribution in [0.1, 0.15) is 10.4 Å². The molecule has 1 N–H and O–H groups in total. The molecule has 0 atom stereocenters. The number of sulfonamides is 1. The van der Waals surface area contributed by atoms with Crippen LogP contribution in [0.25, 0.3) is 0 Å². The van der Waals surface area contributed by atoms with Crippen LogP contribution >= 0.6 is 27.3 Å². The molecule has 0 amide bonds. The van der Waals surface area contributed by atoms with Crippen molar-refractivity contribution in [2.45, 2.75) is 11.4 Å². The SMILES string of the molecule is N#Cc1cc(S(=O)(=O)NCc2ccc(Br)s2)ccc1F. The molecule has 0 radical (unpaired) electrons. The summed E-state index contributed by atoms with van der Waals surface area (Å²) in [6.45, 7) is 0.137. The minimum absolute atomic E-state index is 0.133. The van der Waals surface area contributed by atoms with Gasteiger partial charge in [0.25, 0.3) is 0 Å². The van der Waals surface area contributed by atoms with Crippen LogP contribution < -0.4 is 4.72 Å². The number of halogens is 2. The third-order valence-corrected chi connectivity index (χ3v) is 5.46. The van der Waals surface area contributed by atoms with E-state index in [-0.39, 0.29) is 17.0 Å². The third kappa shape index (κ3) is 3.43. The molecular formula is C12H8BrFN2O2S2. The highest BCUT2D eigenvalue weighted by molar-refractivity contribution is 9.11. The van der Waals surface area contributed by atoms with E-state index in [4.69, 9.17) is 5.26 Å². The number of benzene rings is 1. The smallest absolute Gasteiger partial charge is 0.207 e. The Morgan fingerprint density at radius 3 is 2.70 bits per heavy atom. The number of rotatable bonds is 4. The maximum atomic E-state index is 13.2. The Morgan fingerprint density at radius 1 is 1.35 bits per heavy atom. The quantitative estimate of drug-likeness (QED) is 0.893. The molecule has 2 aromatic rings. The van der Waals surface area contributed by atoms with Gasteiger partial charge in [-0.25, -0.2) is 17.5 Å². The molecule has 0 saturated heterocycles. The first kappa shape index (κ1) is 15.1. The van der Waals surface area contributed by atoms with E-state index in [1.807, 2.05) is 6.07 Å². The fourth-order valence-electron chi connectivity index (χ4n) is 1.45. The molecule has 0 spiro atoms. The van der Waals surface area contributed by atoms with Gasteiger partial charge in [-0.1, -0.05) is 0 Å². The van der Waals surface area contributed by atoms with E-state index in [0.717, 1.165) is 26.9 Å². The number of hydrogen-bond acceptors (Lipinski definition) is 4. The zero-order valence-electron chi connectivity index (χ0n) is 9.93. The summed E-state index contributed by atoms with van der Waals surface area (Å²) in [5, 5.41) is 8.71. The summed E-state index contributed by atoms with van der Waals surface area (Å²) >= 11 is 4.70. The number of nitrogens with one attached hydrogen (secondary N) is 1. The maximum absolute atomic E-state index is 13.2. The van der Waals surface area contributed by atoms with Crippen molar-refractivity contribution in [3.8, 4) is 6.07 Å². The normalized spacial score (nSPS) is 11.2. The Kier molecular flexibility index (Phi) is 4.55. The fourth-order valence-corrected chi connectivity index (χ4v) is 4.00. The number of nitriles is 1. The lowest BCUT2D eigenvalue weighted by molar-refractivity contribution is 0.580. The van der Waals surface area contributed by atoms with Gasteiger partial charge in [-0.15, -0.1) is 11.3 Å². The summed E-state index contributed by atoms with van der Waals surface area (Å²) in [6.07, 6.45) is 0. The van der Waals surface area contributed by atoms with E-state index in [9.17, 15) is 12.8 Å². The molecule has 0 aliphatic heterocycles. The highest BCUT2D eigenvalue weighted by atomic mass is 79.9. The van der Waals surface area contributed by atoms with Gasteiger partial charge in [0.1, 0.15) is 11.9 Å². The van der Waals surface area contributed by atoms with E-state index in [0.29, 0.717) is 0 Å².